The third kappa shape index (κ3) is 3.64. The van der Waals surface area contributed by atoms with E-state index < -0.39 is 23.8 Å². The van der Waals surface area contributed by atoms with E-state index in [-0.39, 0.29) is 47.9 Å². The summed E-state index contributed by atoms with van der Waals surface area (Å²) in [6.45, 7) is 3.35. The first kappa shape index (κ1) is 25.2. The Kier molecular flexibility index (Phi) is 5.83. The van der Waals surface area contributed by atoms with Crippen LogP contribution in [0.25, 0.3) is 11.4 Å². The molecular weight excluding hydrogens is 516 g/mol. The Bertz CT molecular complexity index is 1550. The first-order chi connectivity index (χ1) is 19.2. The highest BCUT2D eigenvalue weighted by atomic mass is 16.5. The summed E-state index contributed by atoms with van der Waals surface area (Å²) in [4.78, 5) is 23.6. The zero-order chi connectivity index (χ0) is 28.3. The minimum atomic E-state index is -0.670. The van der Waals surface area contributed by atoms with Gasteiger partial charge in [0.2, 0.25) is 23.5 Å². The van der Waals surface area contributed by atoms with Crippen LogP contribution in [0.3, 0.4) is 0 Å². The van der Waals surface area contributed by atoms with Crippen molar-refractivity contribution in [3.05, 3.63) is 82.9 Å². The smallest absolute Gasteiger partial charge is 0.310 e. The lowest BCUT2D eigenvalue weighted by atomic mass is 9.70. The van der Waals surface area contributed by atoms with Gasteiger partial charge >= 0.3 is 11.9 Å². The topological polar surface area (TPSA) is 143 Å². The molecule has 4 N–H and O–H groups in total. The van der Waals surface area contributed by atoms with Crippen molar-refractivity contribution in [1.82, 2.24) is 9.13 Å². The van der Waals surface area contributed by atoms with Crippen molar-refractivity contribution < 1.29 is 39.5 Å². The number of aromatic hydroxyl groups is 4. The SMILES string of the molecule is CCC(=O)Oc1cccc(-n2c(O)c3c(c2O)C2C=CC3c3c2c(O)n(-c2cccc(OC(=O)CC)c2)c3O)c1. The zero-order valence-corrected chi connectivity index (χ0v) is 21.7. The Balaban J connectivity index is 1.45. The molecule has 2 bridgehead atoms. The summed E-state index contributed by atoms with van der Waals surface area (Å²) in [6.07, 6.45) is 3.99. The van der Waals surface area contributed by atoms with Gasteiger partial charge in [0.05, 0.1) is 11.4 Å². The number of nitrogens with zero attached hydrogens (tertiary/aromatic N) is 2. The van der Waals surface area contributed by atoms with Gasteiger partial charge in [0.15, 0.2) is 0 Å². The van der Waals surface area contributed by atoms with Crippen LogP contribution in [0.15, 0.2) is 60.7 Å². The molecule has 2 aromatic carbocycles. The fourth-order valence-electron chi connectivity index (χ4n) is 5.56. The highest BCUT2D eigenvalue weighted by molar-refractivity contribution is 5.75. The Hall–Kier alpha value is -5.12. The molecule has 10 nitrogen and oxygen atoms in total. The Morgan fingerprint density at radius 3 is 1.32 bits per heavy atom. The number of esters is 2. The van der Waals surface area contributed by atoms with Crippen LogP contribution in [-0.4, -0.2) is 41.5 Å². The predicted octanol–water partition coefficient (Wildman–Crippen LogP) is 4.87. The van der Waals surface area contributed by atoms with Gasteiger partial charge in [0.1, 0.15) is 11.5 Å². The van der Waals surface area contributed by atoms with Crippen LogP contribution in [-0.2, 0) is 9.59 Å². The molecule has 0 fully saturated rings. The maximum atomic E-state index is 11.8. The predicted molar refractivity (Wildman–Crippen MR) is 143 cm³/mol. The van der Waals surface area contributed by atoms with Gasteiger partial charge in [-0.3, -0.25) is 18.7 Å². The third-order valence-corrected chi connectivity index (χ3v) is 7.32. The van der Waals surface area contributed by atoms with Crippen molar-refractivity contribution in [2.45, 2.75) is 38.5 Å². The van der Waals surface area contributed by atoms with Crippen LogP contribution in [0.1, 0.15) is 60.8 Å². The molecule has 0 amide bonds. The van der Waals surface area contributed by atoms with E-state index in [0.717, 1.165) is 0 Å². The zero-order valence-electron chi connectivity index (χ0n) is 21.7. The standard InChI is InChI=1S/C30H26N2O8/c1-3-21(33)39-17-9-5-7-15(13-17)31-27(35)23-19-11-12-20(24(23)28(31)36)26-25(19)29(37)32(30(26)38)16-8-6-10-18(14-16)40-22(34)4-2/h5-14,19-20,35-38H,3-4H2,1-2H3. The number of carbonyl (C=O) groups is 2. The number of hydrogen-bond acceptors (Lipinski definition) is 8. The molecule has 0 atom stereocenters. The Labute approximate surface area is 228 Å². The van der Waals surface area contributed by atoms with Gasteiger partial charge in [-0.1, -0.05) is 38.1 Å². The molecule has 204 valence electrons. The summed E-state index contributed by atoms with van der Waals surface area (Å²) >= 11 is 0. The van der Waals surface area contributed by atoms with E-state index in [2.05, 4.69) is 0 Å². The van der Waals surface area contributed by atoms with Crippen molar-refractivity contribution in [2.75, 3.05) is 0 Å². The molecule has 10 heteroatoms. The molecule has 40 heavy (non-hydrogen) atoms. The van der Waals surface area contributed by atoms with Gasteiger partial charge in [-0.15, -0.1) is 0 Å². The molecule has 0 radical (unpaired) electrons. The minimum Gasteiger partial charge on any atom is -0.494 e. The van der Waals surface area contributed by atoms with Crippen LogP contribution in [0.4, 0.5) is 0 Å². The molecule has 0 aliphatic heterocycles. The summed E-state index contributed by atoms with van der Waals surface area (Å²) < 4.78 is 13.1. The number of benzene rings is 2. The largest absolute Gasteiger partial charge is 0.494 e. The second-order valence-corrected chi connectivity index (χ2v) is 9.61. The molecule has 2 heterocycles. The van der Waals surface area contributed by atoms with Gasteiger partial charge in [-0.05, 0) is 24.3 Å². The lowest BCUT2D eigenvalue weighted by molar-refractivity contribution is -0.134. The number of rotatable bonds is 6. The second-order valence-electron chi connectivity index (χ2n) is 9.61. The van der Waals surface area contributed by atoms with E-state index in [9.17, 15) is 30.0 Å². The first-order valence-corrected chi connectivity index (χ1v) is 12.9. The molecule has 3 aliphatic carbocycles. The van der Waals surface area contributed by atoms with Crippen molar-refractivity contribution in [3.63, 3.8) is 0 Å². The van der Waals surface area contributed by atoms with Crippen LogP contribution in [0, 0.1) is 0 Å². The third-order valence-electron chi connectivity index (χ3n) is 7.32. The summed E-state index contributed by atoms with van der Waals surface area (Å²) in [7, 11) is 0. The van der Waals surface area contributed by atoms with Crippen molar-refractivity contribution in [2.24, 2.45) is 0 Å². The number of hydrogen-bond donors (Lipinski definition) is 4. The van der Waals surface area contributed by atoms with Gasteiger partial charge < -0.3 is 29.9 Å². The van der Waals surface area contributed by atoms with Gasteiger partial charge in [0.25, 0.3) is 0 Å². The van der Waals surface area contributed by atoms with Crippen LogP contribution in [0.2, 0.25) is 0 Å². The van der Waals surface area contributed by atoms with E-state index in [0.29, 0.717) is 33.6 Å². The average molecular weight is 543 g/mol. The highest BCUT2D eigenvalue weighted by Crippen LogP contribution is 2.61. The maximum absolute atomic E-state index is 11.8. The molecule has 4 aromatic rings. The number of allylic oxidation sites excluding steroid dienone is 2. The summed E-state index contributed by atoms with van der Waals surface area (Å²) in [5, 5.41) is 45.5. The lowest BCUT2D eigenvalue weighted by Crippen LogP contribution is -2.17. The fourth-order valence-corrected chi connectivity index (χ4v) is 5.56. The molecule has 0 unspecified atom stereocenters. The van der Waals surface area contributed by atoms with Crippen molar-refractivity contribution >= 4 is 11.9 Å². The van der Waals surface area contributed by atoms with E-state index in [1.807, 2.05) is 0 Å². The minimum absolute atomic E-state index is 0.190. The highest BCUT2D eigenvalue weighted by Gasteiger charge is 2.46. The Morgan fingerprint density at radius 1 is 0.650 bits per heavy atom. The van der Waals surface area contributed by atoms with Gasteiger partial charge in [-0.25, -0.2) is 0 Å². The van der Waals surface area contributed by atoms with Crippen molar-refractivity contribution in [1.29, 1.82) is 0 Å². The molecule has 0 saturated heterocycles. The molecule has 7 rings (SSSR count). The van der Waals surface area contributed by atoms with Gasteiger partial charge in [-0.2, -0.15) is 0 Å². The summed E-state index contributed by atoms with van der Waals surface area (Å²) in [6, 6.07) is 12.8. The lowest BCUT2D eigenvalue weighted by Gasteiger charge is -2.31. The van der Waals surface area contributed by atoms with Crippen LogP contribution >= 0.6 is 0 Å². The molecular formula is C30H26N2O8. The quantitative estimate of drug-likeness (QED) is 0.154. The number of carbonyl (C=O) groups excluding carboxylic acids is 2. The van der Waals surface area contributed by atoms with Crippen LogP contribution < -0.4 is 9.47 Å². The van der Waals surface area contributed by atoms with Crippen LogP contribution in [0.5, 0.6) is 35.0 Å². The van der Waals surface area contributed by atoms with E-state index in [1.165, 1.54) is 21.3 Å². The Morgan fingerprint density at radius 2 is 1.00 bits per heavy atom. The van der Waals surface area contributed by atoms with E-state index in [4.69, 9.17) is 9.47 Å². The summed E-state index contributed by atoms with van der Waals surface area (Å²) in [5.74, 6) is -2.62. The van der Waals surface area contributed by atoms with E-state index in [1.54, 1.807) is 62.4 Å². The fraction of sp³-hybridized carbons (Fsp3) is 0.200. The maximum Gasteiger partial charge on any atom is 0.310 e. The van der Waals surface area contributed by atoms with Gasteiger partial charge in [0, 0.05) is 59.1 Å². The molecule has 0 spiro atoms. The average Bonchev–Trinajstić information content (AvgIpc) is 3.40. The monoisotopic (exact) mass is 542 g/mol. The molecule has 2 aromatic heterocycles. The normalized spacial score (nSPS) is 16.4. The van der Waals surface area contributed by atoms with E-state index >= 15 is 0 Å². The molecule has 0 saturated carbocycles. The number of ether oxygens (including phenoxy) is 2. The molecule has 3 aliphatic rings. The summed E-state index contributed by atoms with van der Waals surface area (Å²) in [5.41, 5.74) is 2.31. The number of aromatic nitrogens is 2. The second kappa shape index (κ2) is 9.26. The van der Waals surface area contributed by atoms with Crippen molar-refractivity contribution in [3.8, 4) is 46.4 Å². The first-order valence-electron chi connectivity index (χ1n) is 12.9.